The highest BCUT2D eigenvalue weighted by Gasteiger charge is 2.19. The standard InChI is InChI=1S/C13H18N2O3S2/c1-10(6-11-4-3-5-18-11)15-20(16,17)13-7-12(8-14-2)19-9-13/h3-5,7,9-10,14-15H,6,8H2,1-2H3. The predicted molar refractivity (Wildman–Crippen MR) is 79.3 cm³/mol. The minimum atomic E-state index is -3.47. The summed E-state index contributed by atoms with van der Waals surface area (Å²) in [5.41, 5.74) is 0. The summed E-state index contributed by atoms with van der Waals surface area (Å²) < 4.78 is 32.4. The number of hydrogen-bond donors (Lipinski definition) is 2. The van der Waals surface area contributed by atoms with Gasteiger partial charge in [-0.25, -0.2) is 13.1 Å². The highest BCUT2D eigenvalue weighted by atomic mass is 32.2. The summed E-state index contributed by atoms with van der Waals surface area (Å²) in [5.74, 6) is 0.765. The van der Waals surface area contributed by atoms with Gasteiger partial charge in [-0.05, 0) is 32.2 Å². The van der Waals surface area contributed by atoms with Gasteiger partial charge in [0.2, 0.25) is 10.0 Å². The van der Waals surface area contributed by atoms with Gasteiger partial charge in [-0.2, -0.15) is 0 Å². The Morgan fingerprint density at radius 2 is 2.25 bits per heavy atom. The van der Waals surface area contributed by atoms with E-state index in [1.807, 2.05) is 20.0 Å². The summed E-state index contributed by atoms with van der Waals surface area (Å²) in [7, 11) is -1.64. The Bertz CT molecular complexity index is 632. The third-order valence-electron chi connectivity index (χ3n) is 2.73. The van der Waals surface area contributed by atoms with Crippen LogP contribution in [0.4, 0.5) is 0 Å². The van der Waals surface area contributed by atoms with Crippen LogP contribution in [0.25, 0.3) is 0 Å². The largest absolute Gasteiger partial charge is 0.469 e. The first-order valence-electron chi connectivity index (χ1n) is 6.28. The van der Waals surface area contributed by atoms with Crippen molar-refractivity contribution in [2.45, 2.75) is 30.8 Å². The Morgan fingerprint density at radius 3 is 2.90 bits per heavy atom. The van der Waals surface area contributed by atoms with E-state index in [9.17, 15) is 8.42 Å². The lowest BCUT2D eigenvalue weighted by Crippen LogP contribution is -2.33. The van der Waals surface area contributed by atoms with Crippen LogP contribution in [0, 0.1) is 0 Å². The van der Waals surface area contributed by atoms with Gasteiger partial charge in [0.15, 0.2) is 0 Å². The van der Waals surface area contributed by atoms with Crippen molar-refractivity contribution >= 4 is 21.4 Å². The molecule has 0 amide bonds. The molecule has 0 aliphatic heterocycles. The van der Waals surface area contributed by atoms with E-state index in [1.54, 1.807) is 23.8 Å². The average molecular weight is 314 g/mol. The van der Waals surface area contributed by atoms with E-state index in [4.69, 9.17) is 4.42 Å². The van der Waals surface area contributed by atoms with Crippen LogP contribution < -0.4 is 10.0 Å². The molecular weight excluding hydrogens is 296 g/mol. The van der Waals surface area contributed by atoms with E-state index in [0.29, 0.717) is 17.9 Å². The Kier molecular flexibility index (Phi) is 4.98. The van der Waals surface area contributed by atoms with E-state index < -0.39 is 10.0 Å². The summed E-state index contributed by atoms with van der Waals surface area (Å²) in [6.45, 7) is 2.49. The number of hydrogen-bond acceptors (Lipinski definition) is 5. The number of thiophene rings is 1. The van der Waals surface area contributed by atoms with Gasteiger partial charge in [-0.15, -0.1) is 11.3 Å². The normalized spacial score (nSPS) is 13.5. The molecule has 110 valence electrons. The first-order valence-corrected chi connectivity index (χ1v) is 8.64. The van der Waals surface area contributed by atoms with E-state index >= 15 is 0 Å². The van der Waals surface area contributed by atoms with Crippen molar-refractivity contribution in [3.63, 3.8) is 0 Å². The maximum atomic E-state index is 12.2. The summed E-state index contributed by atoms with van der Waals surface area (Å²) in [5, 5.41) is 4.66. The Morgan fingerprint density at radius 1 is 1.45 bits per heavy atom. The summed E-state index contributed by atoms with van der Waals surface area (Å²) >= 11 is 1.43. The van der Waals surface area contributed by atoms with Gasteiger partial charge in [0.05, 0.1) is 11.2 Å². The molecule has 5 nitrogen and oxygen atoms in total. The van der Waals surface area contributed by atoms with Gasteiger partial charge >= 0.3 is 0 Å². The first-order chi connectivity index (χ1) is 9.51. The molecule has 20 heavy (non-hydrogen) atoms. The molecule has 1 unspecified atom stereocenters. The minimum Gasteiger partial charge on any atom is -0.469 e. The lowest BCUT2D eigenvalue weighted by Gasteiger charge is -2.12. The minimum absolute atomic E-state index is 0.223. The van der Waals surface area contributed by atoms with Crippen molar-refractivity contribution in [3.8, 4) is 0 Å². The van der Waals surface area contributed by atoms with Crippen LogP contribution in [-0.2, 0) is 23.0 Å². The van der Waals surface area contributed by atoms with Gasteiger partial charge in [0, 0.05) is 29.3 Å². The number of rotatable bonds is 7. The van der Waals surface area contributed by atoms with Gasteiger partial charge in [-0.3, -0.25) is 0 Å². The summed E-state index contributed by atoms with van der Waals surface area (Å²) in [6, 6.07) is 5.10. The van der Waals surface area contributed by atoms with Gasteiger partial charge in [-0.1, -0.05) is 0 Å². The van der Waals surface area contributed by atoms with Crippen molar-refractivity contribution in [2.24, 2.45) is 0 Å². The zero-order chi connectivity index (χ0) is 14.6. The number of furan rings is 1. The summed E-state index contributed by atoms with van der Waals surface area (Å²) in [4.78, 5) is 1.31. The second kappa shape index (κ2) is 6.53. The SMILES string of the molecule is CNCc1cc(S(=O)(=O)NC(C)Cc2ccco2)cs1. The van der Waals surface area contributed by atoms with E-state index in [1.165, 1.54) is 11.3 Å². The zero-order valence-corrected chi connectivity index (χ0v) is 13.1. The fraction of sp³-hybridized carbons (Fsp3) is 0.385. The molecule has 0 bridgehead atoms. The predicted octanol–water partition coefficient (Wildman–Crippen LogP) is 1.97. The molecular formula is C13H18N2O3S2. The maximum absolute atomic E-state index is 12.2. The molecule has 1 atom stereocenters. The first kappa shape index (κ1) is 15.2. The molecule has 0 fully saturated rings. The van der Waals surface area contributed by atoms with Gasteiger partial charge in [0.25, 0.3) is 0 Å². The molecule has 2 aromatic heterocycles. The third kappa shape index (κ3) is 3.92. The van der Waals surface area contributed by atoms with E-state index in [-0.39, 0.29) is 6.04 Å². The smallest absolute Gasteiger partial charge is 0.241 e. The molecule has 0 saturated heterocycles. The Hall–Kier alpha value is -1.15. The molecule has 2 aromatic rings. The zero-order valence-electron chi connectivity index (χ0n) is 11.4. The fourth-order valence-electron chi connectivity index (χ4n) is 1.87. The molecule has 2 N–H and O–H groups in total. The second-order valence-corrected chi connectivity index (χ2v) is 7.29. The van der Waals surface area contributed by atoms with Crippen LogP contribution in [0.15, 0.2) is 39.2 Å². The van der Waals surface area contributed by atoms with E-state index in [2.05, 4.69) is 10.0 Å². The summed E-state index contributed by atoms with van der Waals surface area (Å²) in [6.07, 6.45) is 2.11. The van der Waals surface area contributed by atoms with Crippen LogP contribution in [0.1, 0.15) is 17.6 Å². The van der Waals surface area contributed by atoms with Crippen LogP contribution >= 0.6 is 11.3 Å². The topological polar surface area (TPSA) is 71.3 Å². The monoisotopic (exact) mass is 314 g/mol. The van der Waals surface area contributed by atoms with Crippen molar-refractivity contribution in [1.29, 1.82) is 0 Å². The highest BCUT2D eigenvalue weighted by molar-refractivity contribution is 7.89. The fourth-order valence-corrected chi connectivity index (χ4v) is 4.40. The molecule has 2 rings (SSSR count). The lowest BCUT2D eigenvalue weighted by molar-refractivity contribution is 0.479. The van der Waals surface area contributed by atoms with Crippen molar-refractivity contribution < 1.29 is 12.8 Å². The molecule has 2 heterocycles. The maximum Gasteiger partial charge on any atom is 0.241 e. The number of sulfonamides is 1. The quantitative estimate of drug-likeness (QED) is 0.819. The van der Waals surface area contributed by atoms with Crippen molar-refractivity contribution in [1.82, 2.24) is 10.0 Å². The van der Waals surface area contributed by atoms with E-state index in [0.717, 1.165) is 10.6 Å². The highest BCUT2D eigenvalue weighted by Crippen LogP contribution is 2.19. The molecule has 7 heteroatoms. The third-order valence-corrected chi connectivity index (χ3v) is 5.39. The Balaban J connectivity index is 2.02. The molecule has 0 aliphatic rings. The van der Waals surface area contributed by atoms with Gasteiger partial charge < -0.3 is 9.73 Å². The van der Waals surface area contributed by atoms with Crippen LogP contribution in [0.3, 0.4) is 0 Å². The van der Waals surface area contributed by atoms with Crippen molar-refractivity contribution in [2.75, 3.05) is 7.05 Å². The van der Waals surface area contributed by atoms with Crippen LogP contribution in [-0.4, -0.2) is 21.5 Å². The number of nitrogens with one attached hydrogen (secondary N) is 2. The molecule has 0 radical (unpaired) electrons. The molecule has 0 spiro atoms. The molecule has 0 aliphatic carbocycles. The molecule has 0 aromatic carbocycles. The molecule has 0 saturated carbocycles. The van der Waals surface area contributed by atoms with Crippen molar-refractivity contribution in [3.05, 3.63) is 40.5 Å². The second-order valence-electron chi connectivity index (χ2n) is 4.58. The average Bonchev–Trinajstić information content (AvgIpc) is 3.00. The Labute approximate surface area is 123 Å². The van der Waals surface area contributed by atoms with Crippen LogP contribution in [0.5, 0.6) is 0 Å². The lowest BCUT2D eigenvalue weighted by atomic mass is 10.2. The van der Waals surface area contributed by atoms with Gasteiger partial charge in [0.1, 0.15) is 5.76 Å². The van der Waals surface area contributed by atoms with Crippen LogP contribution in [0.2, 0.25) is 0 Å².